The van der Waals surface area contributed by atoms with Crippen LogP contribution in [0.1, 0.15) is 11.8 Å². The van der Waals surface area contributed by atoms with Crippen LogP contribution in [0.15, 0.2) is 22.8 Å². The second-order valence-corrected chi connectivity index (χ2v) is 3.22. The highest BCUT2D eigenvalue weighted by atomic mass is 16.3. The average Bonchev–Trinajstić information content (AvgIpc) is 2.57. The summed E-state index contributed by atoms with van der Waals surface area (Å²) < 4.78 is 5.36. The van der Waals surface area contributed by atoms with Crippen LogP contribution in [0.3, 0.4) is 0 Å². The predicted octanol–water partition coefficient (Wildman–Crippen LogP) is 0.856. The molecule has 1 saturated heterocycles. The predicted molar refractivity (Wildman–Crippen MR) is 46.9 cm³/mol. The molecule has 1 fully saturated rings. The maximum atomic E-state index is 5.36. The molecule has 1 aromatic rings. The summed E-state index contributed by atoms with van der Waals surface area (Å²) in [5, 5.41) is 3.35. The Morgan fingerprint density at radius 3 is 3.25 bits per heavy atom. The quantitative estimate of drug-likeness (QED) is 0.670. The number of nitrogens with one attached hydrogen (secondary N) is 1. The molecule has 66 valence electrons. The molecule has 1 aromatic heterocycles. The van der Waals surface area contributed by atoms with E-state index in [0.717, 1.165) is 25.4 Å². The van der Waals surface area contributed by atoms with Gasteiger partial charge in [-0.25, -0.2) is 0 Å². The average molecular weight is 166 g/mol. The molecule has 0 radical (unpaired) electrons. The Hall–Kier alpha value is -0.800. The van der Waals surface area contributed by atoms with Gasteiger partial charge < -0.3 is 9.73 Å². The van der Waals surface area contributed by atoms with Crippen LogP contribution in [0.4, 0.5) is 0 Å². The lowest BCUT2D eigenvalue weighted by Crippen LogP contribution is -2.43. The zero-order valence-electron chi connectivity index (χ0n) is 7.29. The lowest BCUT2D eigenvalue weighted by atomic mass is 10.1. The number of piperazine rings is 1. The number of furan rings is 1. The summed E-state index contributed by atoms with van der Waals surface area (Å²) in [4.78, 5) is 2.31. The molecule has 12 heavy (non-hydrogen) atoms. The standard InChI is InChI=1S/C9H14N2O/c1-11-5-4-10-7-8(11)9-3-2-6-12-9/h2-3,6,8,10H,4-5,7H2,1H3/t8-/m0/s1. The van der Waals surface area contributed by atoms with Gasteiger partial charge in [-0.1, -0.05) is 0 Å². The van der Waals surface area contributed by atoms with Crippen molar-refractivity contribution in [3.05, 3.63) is 24.2 Å². The molecule has 1 N–H and O–H groups in total. The highest BCUT2D eigenvalue weighted by Gasteiger charge is 2.21. The van der Waals surface area contributed by atoms with Gasteiger partial charge in [0.05, 0.1) is 12.3 Å². The van der Waals surface area contributed by atoms with Crippen molar-refractivity contribution in [2.45, 2.75) is 6.04 Å². The number of nitrogens with zero attached hydrogens (tertiary/aromatic N) is 1. The van der Waals surface area contributed by atoms with Crippen molar-refractivity contribution in [2.75, 3.05) is 26.7 Å². The molecular weight excluding hydrogens is 152 g/mol. The second kappa shape index (κ2) is 3.29. The van der Waals surface area contributed by atoms with Gasteiger partial charge in [-0.05, 0) is 19.2 Å². The van der Waals surface area contributed by atoms with Gasteiger partial charge in [0.1, 0.15) is 5.76 Å². The Balaban J connectivity index is 2.11. The topological polar surface area (TPSA) is 28.4 Å². The molecule has 1 aliphatic rings. The fourth-order valence-electron chi connectivity index (χ4n) is 1.60. The van der Waals surface area contributed by atoms with Crippen molar-refractivity contribution < 1.29 is 4.42 Å². The fourth-order valence-corrected chi connectivity index (χ4v) is 1.60. The Labute approximate surface area is 72.4 Å². The van der Waals surface area contributed by atoms with E-state index < -0.39 is 0 Å². The van der Waals surface area contributed by atoms with E-state index in [-0.39, 0.29) is 0 Å². The smallest absolute Gasteiger partial charge is 0.122 e. The molecule has 2 heterocycles. The highest BCUT2D eigenvalue weighted by Crippen LogP contribution is 2.20. The monoisotopic (exact) mass is 166 g/mol. The summed E-state index contributed by atoms with van der Waals surface area (Å²) in [6, 6.07) is 4.39. The minimum Gasteiger partial charge on any atom is -0.468 e. The normalized spacial score (nSPS) is 25.9. The molecule has 3 heteroatoms. The third-order valence-electron chi connectivity index (χ3n) is 2.38. The first-order valence-electron chi connectivity index (χ1n) is 4.32. The number of rotatable bonds is 1. The first kappa shape index (κ1) is 7.83. The molecule has 0 bridgehead atoms. The molecule has 1 atom stereocenters. The molecule has 0 spiro atoms. The third kappa shape index (κ3) is 1.38. The zero-order valence-corrected chi connectivity index (χ0v) is 7.29. The van der Waals surface area contributed by atoms with E-state index in [1.54, 1.807) is 6.26 Å². The zero-order chi connectivity index (χ0) is 8.39. The van der Waals surface area contributed by atoms with Crippen LogP contribution in [-0.2, 0) is 0 Å². The van der Waals surface area contributed by atoms with Gasteiger partial charge in [0, 0.05) is 19.6 Å². The Bertz CT molecular complexity index is 233. The summed E-state index contributed by atoms with van der Waals surface area (Å²) >= 11 is 0. The lowest BCUT2D eigenvalue weighted by Gasteiger charge is -2.31. The SMILES string of the molecule is CN1CCNC[C@H]1c1ccco1. The first-order chi connectivity index (χ1) is 5.88. The van der Waals surface area contributed by atoms with Crippen LogP contribution in [0.2, 0.25) is 0 Å². The molecule has 2 rings (SSSR count). The fraction of sp³-hybridized carbons (Fsp3) is 0.556. The van der Waals surface area contributed by atoms with E-state index in [9.17, 15) is 0 Å². The van der Waals surface area contributed by atoms with E-state index >= 15 is 0 Å². The van der Waals surface area contributed by atoms with Crippen molar-refractivity contribution >= 4 is 0 Å². The van der Waals surface area contributed by atoms with E-state index in [2.05, 4.69) is 17.3 Å². The molecule has 3 nitrogen and oxygen atoms in total. The summed E-state index contributed by atoms with van der Waals surface area (Å²) in [6.45, 7) is 3.16. The molecular formula is C9H14N2O. The van der Waals surface area contributed by atoms with Crippen molar-refractivity contribution in [3.63, 3.8) is 0 Å². The van der Waals surface area contributed by atoms with Crippen LogP contribution in [0, 0.1) is 0 Å². The summed E-state index contributed by atoms with van der Waals surface area (Å²) in [6.07, 6.45) is 1.73. The Morgan fingerprint density at radius 2 is 2.58 bits per heavy atom. The van der Waals surface area contributed by atoms with Gasteiger partial charge in [-0.2, -0.15) is 0 Å². The van der Waals surface area contributed by atoms with E-state index in [4.69, 9.17) is 4.42 Å². The van der Waals surface area contributed by atoms with Crippen molar-refractivity contribution in [3.8, 4) is 0 Å². The minimum absolute atomic E-state index is 0.411. The minimum atomic E-state index is 0.411. The van der Waals surface area contributed by atoms with E-state index in [0.29, 0.717) is 6.04 Å². The number of hydrogen-bond acceptors (Lipinski definition) is 3. The second-order valence-electron chi connectivity index (χ2n) is 3.22. The number of hydrogen-bond donors (Lipinski definition) is 1. The molecule has 0 saturated carbocycles. The molecule has 0 aliphatic carbocycles. The maximum Gasteiger partial charge on any atom is 0.122 e. The Morgan fingerprint density at radius 1 is 1.67 bits per heavy atom. The molecule has 0 unspecified atom stereocenters. The number of likely N-dealkylation sites (N-methyl/N-ethyl adjacent to an activating group) is 1. The van der Waals surface area contributed by atoms with Crippen molar-refractivity contribution in [1.29, 1.82) is 0 Å². The van der Waals surface area contributed by atoms with E-state index in [1.165, 1.54) is 0 Å². The van der Waals surface area contributed by atoms with Gasteiger partial charge in [0.25, 0.3) is 0 Å². The van der Waals surface area contributed by atoms with Gasteiger partial charge in [0.2, 0.25) is 0 Å². The van der Waals surface area contributed by atoms with Gasteiger partial charge in [-0.3, -0.25) is 4.90 Å². The van der Waals surface area contributed by atoms with Gasteiger partial charge in [-0.15, -0.1) is 0 Å². The maximum absolute atomic E-state index is 5.36. The third-order valence-corrected chi connectivity index (χ3v) is 2.38. The molecule has 1 aliphatic heterocycles. The summed E-state index contributed by atoms with van der Waals surface area (Å²) in [5.41, 5.74) is 0. The van der Waals surface area contributed by atoms with Crippen LogP contribution >= 0.6 is 0 Å². The summed E-state index contributed by atoms with van der Waals surface area (Å²) in [7, 11) is 2.13. The van der Waals surface area contributed by atoms with Crippen LogP contribution in [0.25, 0.3) is 0 Å². The van der Waals surface area contributed by atoms with Crippen LogP contribution in [-0.4, -0.2) is 31.6 Å². The Kier molecular flexibility index (Phi) is 2.15. The molecule has 0 amide bonds. The van der Waals surface area contributed by atoms with Crippen LogP contribution in [0.5, 0.6) is 0 Å². The first-order valence-corrected chi connectivity index (χ1v) is 4.32. The molecule has 0 aromatic carbocycles. The van der Waals surface area contributed by atoms with Gasteiger partial charge in [0.15, 0.2) is 0 Å². The highest BCUT2D eigenvalue weighted by molar-refractivity contribution is 5.06. The largest absolute Gasteiger partial charge is 0.468 e. The van der Waals surface area contributed by atoms with E-state index in [1.807, 2.05) is 12.1 Å². The van der Waals surface area contributed by atoms with Crippen LogP contribution < -0.4 is 5.32 Å². The lowest BCUT2D eigenvalue weighted by molar-refractivity contribution is 0.178. The summed E-state index contributed by atoms with van der Waals surface area (Å²) in [5.74, 6) is 1.06. The van der Waals surface area contributed by atoms with Crippen molar-refractivity contribution in [1.82, 2.24) is 10.2 Å². The van der Waals surface area contributed by atoms with Gasteiger partial charge >= 0.3 is 0 Å². The van der Waals surface area contributed by atoms with Crippen molar-refractivity contribution in [2.24, 2.45) is 0 Å².